The summed E-state index contributed by atoms with van der Waals surface area (Å²) in [5.41, 5.74) is 1.90. The Labute approximate surface area is 196 Å². The number of hydrogen-bond donors (Lipinski definition) is 1. The second kappa shape index (κ2) is 8.79. The van der Waals surface area contributed by atoms with E-state index < -0.39 is 0 Å². The Kier molecular flexibility index (Phi) is 5.84. The quantitative estimate of drug-likeness (QED) is 0.624. The molecule has 0 saturated carbocycles. The Morgan fingerprint density at radius 1 is 1.24 bits per heavy atom. The molecule has 3 aromatic rings. The number of benzene rings is 1. The molecule has 0 bridgehead atoms. The van der Waals surface area contributed by atoms with Gasteiger partial charge in [-0.3, -0.25) is 0 Å². The monoisotopic (exact) mass is 471 g/mol. The molecule has 2 aliphatic rings. The molecule has 0 spiro atoms. The highest BCUT2D eigenvalue weighted by molar-refractivity contribution is 6.31. The average Bonchev–Trinajstić information content (AvgIpc) is 3.44. The van der Waals surface area contributed by atoms with Gasteiger partial charge in [0.05, 0.1) is 12.2 Å². The van der Waals surface area contributed by atoms with E-state index in [-0.39, 0.29) is 17.9 Å². The fourth-order valence-corrected chi connectivity index (χ4v) is 4.91. The molecule has 2 fully saturated rings. The first-order valence-electron chi connectivity index (χ1n) is 11.2. The van der Waals surface area contributed by atoms with E-state index >= 15 is 0 Å². The van der Waals surface area contributed by atoms with Gasteiger partial charge in [0.15, 0.2) is 5.65 Å². The SMILES string of the molecule is C[C@H]1CN(C(=O)Nc2cnn3ccc(N4CCCC4c4cc(F)ccc4Cl)nc23)CCN1C. The van der Waals surface area contributed by atoms with Gasteiger partial charge in [-0.25, -0.2) is 18.7 Å². The van der Waals surface area contributed by atoms with Crippen molar-refractivity contribution in [2.24, 2.45) is 0 Å². The highest BCUT2D eigenvalue weighted by Crippen LogP contribution is 2.38. The fourth-order valence-electron chi connectivity index (χ4n) is 4.67. The van der Waals surface area contributed by atoms with Crippen LogP contribution in [0.1, 0.15) is 31.4 Å². The maximum atomic E-state index is 13.9. The molecule has 4 heterocycles. The van der Waals surface area contributed by atoms with Crippen molar-refractivity contribution in [3.8, 4) is 0 Å². The molecule has 1 aromatic carbocycles. The number of rotatable bonds is 3. The molecule has 5 rings (SSSR count). The lowest BCUT2D eigenvalue weighted by molar-refractivity contribution is 0.125. The summed E-state index contributed by atoms with van der Waals surface area (Å²) >= 11 is 6.40. The molecule has 2 saturated heterocycles. The molecule has 0 aliphatic carbocycles. The van der Waals surface area contributed by atoms with Crippen LogP contribution in [0.25, 0.3) is 5.65 Å². The number of likely N-dealkylation sites (N-methyl/N-ethyl adjacent to an activating group) is 1. The zero-order valence-corrected chi connectivity index (χ0v) is 19.5. The fraction of sp³-hybridized carbons (Fsp3) is 0.435. The van der Waals surface area contributed by atoms with Crippen LogP contribution < -0.4 is 10.2 Å². The lowest BCUT2D eigenvalue weighted by Crippen LogP contribution is -2.53. The number of nitrogens with one attached hydrogen (secondary N) is 1. The van der Waals surface area contributed by atoms with Gasteiger partial charge in [0.25, 0.3) is 0 Å². The van der Waals surface area contributed by atoms with E-state index in [1.165, 1.54) is 12.1 Å². The van der Waals surface area contributed by atoms with Crippen LogP contribution in [-0.2, 0) is 0 Å². The van der Waals surface area contributed by atoms with E-state index in [9.17, 15) is 9.18 Å². The van der Waals surface area contributed by atoms with Gasteiger partial charge >= 0.3 is 6.03 Å². The zero-order valence-electron chi connectivity index (χ0n) is 18.7. The number of hydrogen-bond acceptors (Lipinski definition) is 5. The predicted octanol–water partition coefficient (Wildman–Crippen LogP) is 4.03. The van der Waals surface area contributed by atoms with E-state index in [2.05, 4.69) is 34.2 Å². The second-order valence-electron chi connectivity index (χ2n) is 8.84. The lowest BCUT2D eigenvalue weighted by Gasteiger charge is -2.37. The molecule has 1 N–H and O–H groups in total. The predicted molar refractivity (Wildman–Crippen MR) is 126 cm³/mol. The van der Waals surface area contributed by atoms with Crippen LogP contribution >= 0.6 is 11.6 Å². The van der Waals surface area contributed by atoms with Crippen molar-refractivity contribution in [1.29, 1.82) is 0 Å². The Morgan fingerprint density at radius 2 is 2.09 bits per heavy atom. The zero-order chi connectivity index (χ0) is 23.1. The summed E-state index contributed by atoms with van der Waals surface area (Å²) in [7, 11) is 2.07. The van der Waals surface area contributed by atoms with Crippen molar-refractivity contribution in [1.82, 2.24) is 24.4 Å². The van der Waals surface area contributed by atoms with E-state index in [0.29, 0.717) is 35.5 Å². The Hall–Kier alpha value is -2.91. The van der Waals surface area contributed by atoms with Crippen LogP contribution in [0, 0.1) is 5.82 Å². The normalized spacial score (nSPS) is 21.7. The largest absolute Gasteiger partial charge is 0.349 e. The van der Waals surface area contributed by atoms with Gasteiger partial charge in [-0.05, 0) is 56.6 Å². The van der Waals surface area contributed by atoms with Crippen LogP contribution in [0.2, 0.25) is 5.02 Å². The minimum atomic E-state index is -0.302. The van der Waals surface area contributed by atoms with Gasteiger partial charge in [-0.1, -0.05) is 11.6 Å². The number of amides is 2. The van der Waals surface area contributed by atoms with E-state index in [1.54, 1.807) is 16.8 Å². The van der Waals surface area contributed by atoms with E-state index in [4.69, 9.17) is 16.6 Å². The molecular weight excluding hydrogens is 445 g/mol. The third-order valence-electron chi connectivity index (χ3n) is 6.71. The minimum absolute atomic E-state index is 0.0593. The molecule has 1 unspecified atom stereocenters. The van der Waals surface area contributed by atoms with Crippen molar-refractivity contribution >= 4 is 34.8 Å². The van der Waals surface area contributed by atoms with Gasteiger partial charge in [-0.15, -0.1) is 0 Å². The lowest BCUT2D eigenvalue weighted by atomic mass is 10.0. The minimum Gasteiger partial charge on any atom is -0.349 e. The topological polar surface area (TPSA) is 69.0 Å². The smallest absolute Gasteiger partial charge is 0.322 e. The molecule has 8 nitrogen and oxygen atoms in total. The molecule has 2 atom stereocenters. The molecule has 2 amide bonds. The van der Waals surface area contributed by atoms with Gasteiger partial charge in [0.2, 0.25) is 0 Å². The molecule has 2 aliphatic heterocycles. The van der Waals surface area contributed by atoms with Crippen LogP contribution in [0.15, 0.2) is 36.7 Å². The van der Waals surface area contributed by atoms with Gasteiger partial charge in [0, 0.05) is 43.4 Å². The van der Waals surface area contributed by atoms with Crippen molar-refractivity contribution in [3.63, 3.8) is 0 Å². The van der Waals surface area contributed by atoms with Gasteiger partial charge < -0.3 is 20.0 Å². The Morgan fingerprint density at radius 3 is 2.91 bits per heavy atom. The van der Waals surface area contributed by atoms with Gasteiger partial charge in [0.1, 0.15) is 17.3 Å². The van der Waals surface area contributed by atoms with Crippen molar-refractivity contribution < 1.29 is 9.18 Å². The summed E-state index contributed by atoms with van der Waals surface area (Å²) < 4.78 is 15.6. The number of aromatic nitrogens is 3. The molecule has 33 heavy (non-hydrogen) atoms. The maximum absolute atomic E-state index is 13.9. The average molecular weight is 472 g/mol. The molecule has 0 radical (unpaired) electrons. The first-order chi connectivity index (χ1) is 15.9. The third kappa shape index (κ3) is 4.22. The maximum Gasteiger partial charge on any atom is 0.322 e. The Bertz CT molecular complexity index is 1180. The van der Waals surface area contributed by atoms with Crippen LogP contribution in [0.3, 0.4) is 0 Å². The summed E-state index contributed by atoms with van der Waals surface area (Å²) in [5.74, 6) is 0.443. The first-order valence-corrected chi connectivity index (χ1v) is 11.6. The summed E-state index contributed by atoms with van der Waals surface area (Å²) in [4.78, 5) is 23.9. The summed E-state index contributed by atoms with van der Waals surface area (Å²) in [5, 5.41) is 7.87. The van der Waals surface area contributed by atoms with Crippen LogP contribution in [-0.4, -0.2) is 69.7 Å². The highest BCUT2D eigenvalue weighted by atomic mass is 35.5. The number of fused-ring (bicyclic) bond motifs is 1. The van der Waals surface area contributed by atoms with Gasteiger partial charge in [-0.2, -0.15) is 5.10 Å². The van der Waals surface area contributed by atoms with Crippen molar-refractivity contribution in [2.75, 3.05) is 43.4 Å². The van der Waals surface area contributed by atoms with Crippen LogP contribution in [0.5, 0.6) is 0 Å². The number of carbonyl (C=O) groups is 1. The number of urea groups is 1. The molecule has 174 valence electrons. The molecular formula is C23H27ClFN7O. The second-order valence-corrected chi connectivity index (χ2v) is 9.24. The summed E-state index contributed by atoms with van der Waals surface area (Å²) in [6, 6.07) is 6.46. The van der Waals surface area contributed by atoms with E-state index in [0.717, 1.165) is 37.3 Å². The summed E-state index contributed by atoms with van der Waals surface area (Å²) in [6.45, 7) is 5.08. The first kappa shape index (κ1) is 21.9. The third-order valence-corrected chi connectivity index (χ3v) is 7.05. The number of carbonyl (C=O) groups excluding carboxylic acids is 1. The van der Waals surface area contributed by atoms with E-state index in [1.807, 2.05) is 17.2 Å². The van der Waals surface area contributed by atoms with Crippen molar-refractivity contribution in [2.45, 2.75) is 31.8 Å². The number of halogens is 2. The summed E-state index contributed by atoms with van der Waals surface area (Å²) in [6.07, 6.45) is 5.26. The number of piperazine rings is 1. The number of nitrogens with zero attached hydrogens (tertiary/aromatic N) is 6. The molecule has 10 heteroatoms. The Balaban J connectivity index is 1.40. The highest BCUT2D eigenvalue weighted by Gasteiger charge is 2.30. The molecule has 2 aromatic heterocycles. The van der Waals surface area contributed by atoms with Crippen molar-refractivity contribution in [3.05, 3.63) is 53.1 Å². The number of anilines is 2. The van der Waals surface area contributed by atoms with Crippen LogP contribution in [0.4, 0.5) is 20.7 Å². The standard InChI is InChI=1S/C23H27ClFN7O/c1-15-14-30(11-10-29(15)2)23(33)27-19-13-26-32-9-7-21(28-22(19)32)31-8-3-4-20(31)17-12-16(25)5-6-18(17)24/h5-7,9,12-13,15,20H,3-4,8,10-11,14H2,1-2H3,(H,27,33)/t15-,20?/m0/s1.